The third-order valence-electron chi connectivity index (χ3n) is 3.48. The van der Waals surface area contributed by atoms with Gasteiger partial charge in [-0.2, -0.15) is 0 Å². The highest BCUT2D eigenvalue weighted by Crippen LogP contribution is 2.18. The first-order valence-corrected chi connectivity index (χ1v) is 8.95. The molecule has 0 fully saturated rings. The highest BCUT2D eigenvalue weighted by atomic mass is 32.1. The first-order valence-electron chi connectivity index (χ1n) is 8.07. The maximum atomic E-state index is 12.0. The lowest BCUT2D eigenvalue weighted by molar-refractivity contribution is -0.123. The number of carbonyl (C=O) groups is 2. The van der Waals surface area contributed by atoms with E-state index in [0.717, 1.165) is 6.42 Å². The van der Waals surface area contributed by atoms with Crippen LogP contribution in [0.4, 0.5) is 5.69 Å². The van der Waals surface area contributed by atoms with Gasteiger partial charge in [0.15, 0.2) is 12.4 Å². The third kappa shape index (κ3) is 5.22. The minimum absolute atomic E-state index is 0.0833. The van der Waals surface area contributed by atoms with Crippen LogP contribution in [0.5, 0.6) is 5.75 Å². The topological polar surface area (TPSA) is 80.6 Å². The lowest BCUT2D eigenvalue weighted by Crippen LogP contribution is -2.30. The summed E-state index contributed by atoms with van der Waals surface area (Å²) in [7, 11) is 0. The number of ether oxygens (including phenoxy) is 1. The molecular formula is C19H18N2O4S. The average Bonchev–Trinajstić information content (AvgIpc) is 3.34. The Labute approximate surface area is 154 Å². The number of thiophene rings is 1. The maximum Gasteiger partial charge on any atom is 0.291 e. The van der Waals surface area contributed by atoms with E-state index in [0.29, 0.717) is 18.0 Å². The molecule has 0 aliphatic rings. The van der Waals surface area contributed by atoms with Gasteiger partial charge in [0, 0.05) is 23.2 Å². The SMILES string of the molecule is O=C(COc1cccc(NC(=O)c2ccco2)c1)NCCc1cccs1. The van der Waals surface area contributed by atoms with Crippen molar-refractivity contribution in [3.63, 3.8) is 0 Å². The lowest BCUT2D eigenvalue weighted by atomic mass is 10.3. The van der Waals surface area contributed by atoms with Gasteiger partial charge < -0.3 is 19.8 Å². The minimum atomic E-state index is -0.349. The van der Waals surface area contributed by atoms with Crippen molar-refractivity contribution >= 4 is 28.8 Å². The zero-order valence-corrected chi connectivity index (χ0v) is 14.8. The Morgan fingerprint density at radius 1 is 1.12 bits per heavy atom. The van der Waals surface area contributed by atoms with Gasteiger partial charge in [0.1, 0.15) is 5.75 Å². The molecule has 6 nitrogen and oxygen atoms in total. The molecule has 3 aromatic rings. The van der Waals surface area contributed by atoms with Crippen molar-refractivity contribution in [3.05, 3.63) is 70.8 Å². The van der Waals surface area contributed by atoms with Gasteiger partial charge in [-0.05, 0) is 42.1 Å². The summed E-state index contributed by atoms with van der Waals surface area (Å²) >= 11 is 1.67. The van der Waals surface area contributed by atoms with Crippen LogP contribution < -0.4 is 15.4 Å². The average molecular weight is 370 g/mol. The number of benzene rings is 1. The number of amides is 2. The summed E-state index contributed by atoms with van der Waals surface area (Å²) in [6.45, 7) is 0.488. The van der Waals surface area contributed by atoms with Gasteiger partial charge in [0.2, 0.25) is 0 Å². The molecule has 0 bridgehead atoms. The van der Waals surface area contributed by atoms with E-state index >= 15 is 0 Å². The van der Waals surface area contributed by atoms with Crippen molar-refractivity contribution in [3.8, 4) is 5.75 Å². The molecule has 0 radical (unpaired) electrons. The fraction of sp³-hybridized carbons (Fsp3) is 0.158. The van der Waals surface area contributed by atoms with Crippen LogP contribution in [-0.4, -0.2) is 25.0 Å². The lowest BCUT2D eigenvalue weighted by Gasteiger charge is -2.09. The molecular weight excluding hydrogens is 352 g/mol. The van der Waals surface area contributed by atoms with E-state index < -0.39 is 0 Å². The number of furan rings is 1. The number of nitrogens with one attached hydrogen (secondary N) is 2. The first-order chi connectivity index (χ1) is 12.7. The van der Waals surface area contributed by atoms with Crippen molar-refractivity contribution in [2.45, 2.75) is 6.42 Å². The predicted molar refractivity (Wildman–Crippen MR) is 99.6 cm³/mol. The largest absolute Gasteiger partial charge is 0.484 e. The van der Waals surface area contributed by atoms with Crippen LogP contribution in [0.25, 0.3) is 0 Å². The van der Waals surface area contributed by atoms with E-state index in [1.165, 1.54) is 11.1 Å². The predicted octanol–water partition coefficient (Wildman–Crippen LogP) is 3.33. The maximum absolute atomic E-state index is 12.0. The number of carbonyl (C=O) groups excluding carboxylic acids is 2. The number of anilines is 1. The Balaban J connectivity index is 1.44. The van der Waals surface area contributed by atoms with Gasteiger partial charge in [-0.25, -0.2) is 0 Å². The van der Waals surface area contributed by atoms with Crippen LogP contribution >= 0.6 is 11.3 Å². The number of rotatable bonds is 8. The van der Waals surface area contributed by atoms with Gasteiger partial charge >= 0.3 is 0 Å². The molecule has 2 aromatic heterocycles. The summed E-state index contributed by atoms with van der Waals surface area (Å²) < 4.78 is 10.5. The fourth-order valence-corrected chi connectivity index (χ4v) is 2.95. The number of hydrogen-bond acceptors (Lipinski definition) is 5. The van der Waals surface area contributed by atoms with Crippen LogP contribution in [0.1, 0.15) is 15.4 Å². The smallest absolute Gasteiger partial charge is 0.291 e. The molecule has 0 saturated carbocycles. The van der Waals surface area contributed by atoms with Gasteiger partial charge in [0.05, 0.1) is 6.26 Å². The molecule has 2 amide bonds. The Kier molecular flexibility index (Phi) is 6.05. The zero-order valence-electron chi connectivity index (χ0n) is 13.9. The molecule has 0 atom stereocenters. The van der Waals surface area contributed by atoms with Crippen molar-refractivity contribution in [2.24, 2.45) is 0 Å². The molecule has 0 spiro atoms. The van der Waals surface area contributed by atoms with Gasteiger partial charge in [0.25, 0.3) is 11.8 Å². The molecule has 7 heteroatoms. The molecule has 1 aromatic carbocycles. The molecule has 0 unspecified atom stereocenters. The van der Waals surface area contributed by atoms with Gasteiger partial charge in [-0.15, -0.1) is 11.3 Å². The van der Waals surface area contributed by atoms with E-state index in [1.54, 1.807) is 47.7 Å². The van der Waals surface area contributed by atoms with E-state index in [4.69, 9.17) is 9.15 Å². The van der Waals surface area contributed by atoms with Gasteiger partial charge in [-0.1, -0.05) is 12.1 Å². The highest BCUT2D eigenvalue weighted by Gasteiger charge is 2.09. The Bertz CT molecular complexity index is 844. The van der Waals surface area contributed by atoms with E-state index in [9.17, 15) is 9.59 Å². The van der Waals surface area contributed by atoms with Crippen molar-refractivity contribution in [1.29, 1.82) is 0 Å². The van der Waals surface area contributed by atoms with Crippen molar-refractivity contribution < 1.29 is 18.7 Å². The molecule has 2 N–H and O–H groups in total. The second kappa shape index (κ2) is 8.87. The Hall–Kier alpha value is -3.06. The monoisotopic (exact) mass is 370 g/mol. The standard InChI is InChI=1S/C19H18N2O4S/c22-18(20-9-8-16-6-3-11-26-16)13-25-15-5-1-4-14(12-15)21-19(23)17-7-2-10-24-17/h1-7,10-12H,8-9,13H2,(H,20,22)(H,21,23). The van der Waals surface area contributed by atoms with Crippen LogP contribution in [0.15, 0.2) is 64.6 Å². The molecule has 0 saturated heterocycles. The molecule has 3 rings (SSSR count). The summed E-state index contributed by atoms with van der Waals surface area (Å²) in [5.41, 5.74) is 0.557. The van der Waals surface area contributed by atoms with Gasteiger partial charge in [-0.3, -0.25) is 9.59 Å². The van der Waals surface area contributed by atoms with Crippen LogP contribution in [0.2, 0.25) is 0 Å². The first kappa shape index (κ1) is 17.8. The minimum Gasteiger partial charge on any atom is -0.484 e. The van der Waals surface area contributed by atoms with Crippen LogP contribution in [0.3, 0.4) is 0 Å². The second-order valence-electron chi connectivity index (χ2n) is 5.43. The van der Waals surface area contributed by atoms with Crippen molar-refractivity contribution in [1.82, 2.24) is 5.32 Å². The summed E-state index contributed by atoms with van der Waals surface area (Å²) in [6.07, 6.45) is 2.24. The normalized spacial score (nSPS) is 10.3. The van der Waals surface area contributed by atoms with Crippen LogP contribution in [0, 0.1) is 0 Å². The molecule has 0 aliphatic heterocycles. The molecule has 0 aliphatic carbocycles. The highest BCUT2D eigenvalue weighted by molar-refractivity contribution is 7.09. The molecule has 26 heavy (non-hydrogen) atoms. The van der Waals surface area contributed by atoms with E-state index in [1.807, 2.05) is 17.5 Å². The number of hydrogen-bond donors (Lipinski definition) is 2. The summed E-state index contributed by atoms with van der Waals surface area (Å²) in [5.74, 6) is 0.183. The Morgan fingerprint density at radius 2 is 2.04 bits per heavy atom. The summed E-state index contributed by atoms with van der Waals surface area (Å²) in [5, 5.41) is 7.54. The fourth-order valence-electron chi connectivity index (χ4n) is 2.24. The summed E-state index contributed by atoms with van der Waals surface area (Å²) in [4.78, 5) is 25.0. The third-order valence-corrected chi connectivity index (χ3v) is 4.42. The summed E-state index contributed by atoms with van der Waals surface area (Å²) in [6, 6.07) is 14.1. The molecule has 2 heterocycles. The van der Waals surface area contributed by atoms with Crippen LogP contribution in [-0.2, 0) is 11.2 Å². The second-order valence-corrected chi connectivity index (χ2v) is 6.46. The molecule has 134 valence electrons. The quantitative estimate of drug-likeness (QED) is 0.637. The van der Waals surface area contributed by atoms with E-state index in [-0.39, 0.29) is 24.2 Å². The Morgan fingerprint density at radius 3 is 2.81 bits per heavy atom. The van der Waals surface area contributed by atoms with E-state index in [2.05, 4.69) is 10.6 Å². The van der Waals surface area contributed by atoms with Crippen molar-refractivity contribution in [2.75, 3.05) is 18.5 Å². The zero-order chi connectivity index (χ0) is 18.2.